The summed E-state index contributed by atoms with van der Waals surface area (Å²) < 4.78 is 90.0. The lowest BCUT2D eigenvalue weighted by Crippen LogP contribution is -2.64. The lowest BCUT2D eigenvalue weighted by Gasteiger charge is -2.48. The van der Waals surface area contributed by atoms with E-state index < -0.39 is 168 Å². The molecule has 24 nitrogen and oxygen atoms in total. The normalized spacial score (nSPS) is 34.3. The number of rotatable bonds is 18. The van der Waals surface area contributed by atoms with Crippen molar-refractivity contribution in [3.8, 4) is 0 Å². The smallest absolute Gasteiger partial charge is 0.407 e. The minimum Gasteiger partial charge on any atom is -0.444 e. The SMILES string of the molecule is CC(C)c1cc(C(C)C)c(S(=O)(=O)OC[C@H]2O[C@@H](O[C@@H]3C(O)[C@H](NC(=O)OC(C)(C)C)CC(C)[C@H]3O[C@H]3OC(CNC(=O)OC(C)(C)C)[C@@H](O)[C@H](O)C3C)[C@@H](O)C2OC2OC(CNC(=O)OC(C)(C)C)[C@@H](O)C(O)[C@H]2C)c(C(C)C)c1. The van der Waals surface area contributed by atoms with Crippen LogP contribution in [-0.4, -0.2) is 192 Å². The second-order valence-electron chi connectivity index (χ2n) is 26.1. The van der Waals surface area contributed by atoms with Gasteiger partial charge < -0.3 is 89.2 Å². The number of amides is 3. The van der Waals surface area contributed by atoms with Crippen molar-refractivity contribution in [2.75, 3.05) is 19.7 Å². The molecule has 9 N–H and O–H groups in total. The summed E-state index contributed by atoms with van der Waals surface area (Å²) in [6.45, 7) is 29.8. The van der Waals surface area contributed by atoms with E-state index in [4.69, 9.17) is 46.8 Å². The zero-order valence-electron chi connectivity index (χ0n) is 50.4. The van der Waals surface area contributed by atoms with Gasteiger partial charge in [0, 0.05) is 24.9 Å². The number of hydrogen-bond donors (Lipinski definition) is 9. The van der Waals surface area contributed by atoms with Crippen LogP contribution in [0.15, 0.2) is 17.0 Å². The molecule has 0 aromatic heterocycles. The van der Waals surface area contributed by atoms with Crippen molar-refractivity contribution in [2.24, 2.45) is 17.8 Å². The number of carbonyl (C=O) groups is 3. The van der Waals surface area contributed by atoms with Crippen molar-refractivity contribution in [1.29, 1.82) is 0 Å². The minimum absolute atomic E-state index is 0.0233. The van der Waals surface area contributed by atoms with Crippen LogP contribution in [-0.2, 0) is 56.9 Å². The van der Waals surface area contributed by atoms with E-state index in [0.717, 1.165) is 5.56 Å². The van der Waals surface area contributed by atoms with E-state index in [2.05, 4.69) is 16.0 Å². The van der Waals surface area contributed by atoms with Crippen LogP contribution in [0.25, 0.3) is 0 Å². The Labute approximate surface area is 478 Å². The molecule has 3 amide bonds. The third-order valence-electron chi connectivity index (χ3n) is 14.6. The summed E-state index contributed by atoms with van der Waals surface area (Å²) in [4.78, 5) is 38.6. The Bertz CT molecular complexity index is 2340. The molecule has 0 radical (unpaired) electrons. The standard InChI is InChI=1S/C56H95N3O21S/c1-25(2)31-20-32(26(3)4)47(33(21-31)27(5)6)81(69,70)71-24-37-45(76-49-30(9)39(61)42(64)36(73-49)23-58-52(67)79-55(13,14)15)43(65)50(74-37)77-46-40(62)34(59-53(68)80-56(16,17)18)19-28(7)44(46)75-48-29(8)38(60)41(63)35(72-48)22-57-51(66)78-54(10,11)12/h20-21,25-30,34-46,48-50,60-65H,19,22-24H2,1-18H3,(H,57,66)(H,58,67)(H,59,68)/t28?,29?,30-,34-,35?,36?,37-,38-,39?,40?,41-,42-,43+,44-,45?,46-,48-,49?,50+/m1/s1. The van der Waals surface area contributed by atoms with Crippen LogP contribution in [0.1, 0.15) is 165 Å². The molecule has 0 spiro atoms. The fourth-order valence-electron chi connectivity index (χ4n) is 10.2. The molecule has 3 saturated heterocycles. The van der Waals surface area contributed by atoms with Crippen LogP contribution in [0, 0.1) is 17.8 Å². The molecule has 1 aliphatic carbocycles. The van der Waals surface area contributed by atoms with Crippen molar-refractivity contribution in [1.82, 2.24) is 16.0 Å². The Balaban J connectivity index is 1.54. The number of aliphatic hydroxyl groups excluding tert-OH is 6. The van der Waals surface area contributed by atoms with Crippen LogP contribution in [0.2, 0.25) is 0 Å². The Hall–Kier alpha value is -3.54. The van der Waals surface area contributed by atoms with E-state index in [9.17, 15) is 53.4 Å². The van der Waals surface area contributed by atoms with Crippen molar-refractivity contribution in [3.63, 3.8) is 0 Å². The molecule has 25 heteroatoms. The number of ether oxygens (including phenoxy) is 9. The first kappa shape index (κ1) is 68.2. The number of benzene rings is 1. The predicted octanol–water partition coefficient (Wildman–Crippen LogP) is 4.51. The van der Waals surface area contributed by atoms with Crippen molar-refractivity contribution in [3.05, 3.63) is 28.8 Å². The fraction of sp³-hybridized carbons (Fsp3) is 0.839. The summed E-state index contributed by atoms with van der Waals surface area (Å²) in [6, 6.07) is 2.61. The molecule has 466 valence electrons. The Morgan fingerprint density at radius 1 is 0.556 bits per heavy atom. The number of alkyl carbamates (subject to hydrolysis) is 3. The van der Waals surface area contributed by atoms with Gasteiger partial charge in [-0.2, -0.15) is 8.42 Å². The Kier molecular flexibility index (Phi) is 22.9. The minimum atomic E-state index is -4.64. The van der Waals surface area contributed by atoms with E-state index in [0.29, 0.717) is 11.1 Å². The molecular formula is C56H95N3O21S. The van der Waals surface area contributed by atoms with E-state index in [1.807, 2.05) is 53.7 Å². The average molecular weight is 1180 g/mol. The zero-order chi connectivity index (χ0) is 61.2. The lowest BCUT2D eigenvalue weighted by atomic mass is 9.80. The first-order valence-electron chi connectivity index (χ1n) is 28.2. The highest BCUT2D eigenvalue weighted by molar-refractivity contribution is 7.86. The zero-order valence-corrected chi connectivity index (χ0v) is 51.2. The fourth-order valence-corrected chi connectivity index (χ4v) is 11.8. The van der Waals surface area contributed by atoms with Gasteiger partial charge in [0.1, 0.15) is 76.6 Å². The van der Waals surface area contributed by atoms with Crippen molar-refractivity contribution >= 4 is 28.4 Å². The maximum atomic E-state index is 14.7. The van der Waals surface area contributed by atoms with Gasteiger partial charge >= 0.3 is 18.3 Å². The maximum absolute atomic E-state index is 14.7. The molecule has 19 atom stereocenters. The van der Waals surface area contributed by atoms with Crippen molar-refractivity contribution in [2.45, 2.75) is 269 Å². The number of nitrogens with one attached hydrogen (secondary N) is 3. The van der Waals surface area contributed by atoms with Gasteiger partial charge in [0.05, 0.1) is 31.0 Å². The van der Waals surface area contributed by atoms with Gasteiger partial charge in [0.25, 0.3) is 10.1 Å². The number of aliphatic hydroxyl groups is 6. The molecule has 8 unspecified atom stereocenters. The summed E-state index contributed by atoms with van der Waals surface area (Å²) in [5.41, 5.74) is -0.656. The highest BCUT2D eigenvalue weighted by atomic mass is 32.2. The number of carbonyl (C=O) groups excluding carboxylic acids is 3. The molecule has 3 heterocycles. The summed E-state index contributed by atoms with van der Waals surface area (Å²) in [6.07, 6.45) is -25.1. The molecule has 0 bridgehead atoms. The van der Waals surface area contributed by atoms with Gasteiger partial charge in [-0.3, -0.25) is 4.18 Å². The van der Waals surface area contributed by atoms with E-state index in [1.54, 1.807) is 76.2 Å². The van der Waals surface area contributed by atoms with Gasteiger partial charge in [0.2, 0.25) is 0 Å². The highest BCUT2D eigenvalue weighted by Crippen LogP contribution is 2.41. The molecule has 3 aliphatic heterocycles. The van der Waals surface area contributed by atoms with Crippen LogP contribution in [0.4, 0.5) is 14.4 Å². The van der Waals surface area contributed by atoms with Crippen LogP contribution in [0.3, 0.4) is 0 Å². The van der Waals surface area contributed by atoms with Crippen LogP contribution >= 0.6 is 0 Å². The van der Waals surface area contributed by atoms with Gasteiger partial charge in [-0.1, -0.05) is 74.4 Å². The maximum Gasteiger partial charge on any atom is 0.407 e. The topological polar surface area (TPSA) is 335 Å². The molecule has 1 saturated carbocycles. The molecule has 1 aromatic carbocycles. The predicted molar refractivity (Wildman–Crippen MR) is 292 cm³/mol. The van der Waals surface area contributed by atoms with Gasteiger partial charge in [-0.15, -0.1) is 0 Å². The monoisotopic (exact) mass is 1180 g/mol. The second kappa shape index (κ2) is 27.2. The summed E-state index contributed by atoms with van der Waals surface area (Å²) in [5, 5.41) is 77.5. The summed E-state index contributed by atoms with van der Waals surface area (Å²) in [5.74, 6) is -3.06. The largest absolute Gasteiger partial charge is 0.444 e. The quantitative estimate of drug-likeness (QED) is 0.0721. The van der Waals surface area contributed by atoms with Crippen LogP contribution in [0.5, 0.6) is 0 Å². The molecule has 4 fully saturated rings. The molecule has 81 heavy (non-hydrogen) atoms. The van der Waals surface area contributed by atoms with E-state index in [-0.39, 0.29) is 42.2 Å². The second-order valence-corrected chi connectivity index (χ2v) is 27.6. The summed E-state index contributed by atoms with van der Waals surface area (Å²) in [7, 11) is -4.64. The Morgan fingerprint density at radius 2 is 0.963 bits per heavy atom. The molecular weight excluding hydrogens is 1080 g/mol. The molecule has 4 aliphatic rings. The van der Waals surface area contributed by atoms with Crippen molar-refractivity contribution < 1.29 is 100 Å². The molecule has 1 aromatic rings. The van der Waals surface area contributed by atoms with Gasteiger partial charge in [-0.05, 0) is 109 Å². The first-order chi connectivity index (χ1) is 37.2. The average Bonchev–Trinajstić information content (AvgIpc) is 3.66. The van der Waals surface area contributed by atoms with E-state index in [1.165, 1.54) is 6.92 Å². The Morgan fingerprint density at radius 3 is 1.38 bits per heavy atom. The lowest BCUT2D eigenvalue weighted by molar-refractivity contribution is -0.322. The van der Waals surface area contributed by atoms with E-state index >= 15 is 0 Å². The third-order valence-corrected chi connectivity index (χ3v) is 16.0. The first-order valence-corrected chi connectivity index (χ1v) is 29.6. The third kappa shape index (κ3) is 18.0. The van der Waals surface area contributed by atoms with Crippen LogP contribution < -0.4 is 16.0 Å². The highest BCUT2D eigenvalue weighted by Gasteiger charge is 2.55. The van der Waals surface area contributed by atoms with Gasteiger partial charge in [0.15, 0.2) is 18.9 Å². The molecule has 5 rings (SSSR count). The van der Waals surface area contributed by atoms with Gasteiger partial charge in [-0.25, -0.2) is 14.4 Å². The number of hydrogen-bond acceptors (Lipinski definition) is 21. The summed E-state index contributed by atoms with van der Waals surface area (Å²) >= 11 is 0.